The van der Waals surface area contributed by atoms with Crippen molar-refractivity contribution >= 4 is 61.0 Å². The smallest absolute Gasteiger partial charge is 0.349 e. The first-order valence-corrected chi connectivity index (χ1v) is 13.6. The van der Waals surface area contributed by atoms with Crippen molar-refractivity contribution in [3.63, 3.8) is 0 Å². The Hall–Kier alpha value is -3.56. The number of carbonyl (C=O) groups is 3. The van der Waals surface area contributed by atoms with Crippen molar-refractivity contribution in [3.05, 3.63) is 80.6 Å². The van der Waals surface area contributed by atoms with Gasteiger partial charge in [0, 0.05) is 15.4 Å². The number of rotatable bonds is 6. The maximum atomic E-state index is 13.7. The Balaban J connectivity index is 1.80. The third kappa shape index (κ3) is 5.95. The number of ether oxygens (including phenoxy) is 2. The number of hydrogen-bond donors (Lipinski definition) is 1. The molecule has 0 fully saturated rings. The molecule has 2 aromatic heterocycles. The summed E-state index contributed by atoms with van der Waals surface area (Å²) in [6.45, 7) is 8.78. The number of fused-ring (bicyclic) bond motifs is 1. The molecule has 0 saturated heterocycles. The van der Waals surface area contributed by atoms with E-state index in [0.29, 0.717) is 27.7 Å². The molecule has 0 bridgehead atoms. The number of aromatic nitrogens is 1. The zero-order valence-electron chi connectivity index (χ0n) is 21.7. The number of hydrogen-bond acceptors (Lipinski definition) is 7. The van der Waals surface area contributed by atoms with Crippen molar-refractivity contribution in [1.82, 2.24) is 4.98 Å². The van der Waals surface area contributed by atoms with Gasteiger partial charge in [-0.3, -0.25) is 4.79 Å². The van der Waals surface area contributed by atoms with Gasteiger partial charge in [-0.1, -0.05) is 46.3 Å². The summed E-state index contributed by atoms with van der Waals surface area (Å²) in [6.07, 6.45) is 0. The monoisotopic (exact) mass is 594 g/mol. The first-order chi connectivity index (χ1) is 18.0. The molecule has 0 aliphatic heterocycles. The van der Waals surface area contributed by atoms with E-state index in [1.807, 2.05) is 48.5 Å². The molecular formula is C29H27BrN2O5S. The Bertz CT molecular complexity index is 1550. The molecule has 4 aromatic rings. The zero-order chi connectivity index (χ0) is 27.6. The van der Waals surface area contributed by atoms with Crippen LogP contribution in [-0.2, 0) is 9.47 Å². The standard InChI is InChI=1S/C29H27BrN2O5S/c1-6-36-27(34)23-16(2)24(28(35)37-29(3,4)5)38-26(23)32-25(33)20-15-22(17-10-9-11-18(30)14-17)31-21-13-8-7-12-19(20)21/h7-15H,6H2,1-5H3,(H,32,33). The van der Waals surface area contributed by atoms with Gasteiger partial charge in [0.05, 0.1) is 28.9 Å². The maximum absolute atomic E-state index is 13.7. The van der Waals surface area contributed by atoms with E-state index in [4.69, 9.17) is 14.5 Å². The highest BCUT2D eigenvalue weighted by atomic mass is 79.9. The number of nitrogens with one attached hydrogen (secondary N) is 1. The van der Waals surface area contributed by atoms with Crippen molar-refractivity contribution < 1.29 is 23.9 Å². The largest absolute Gasteiger partial charge is 0.462 e. The molecule has 0 atom stereocenters. The number of halogens is 1. The lowest BCUT2D eigenvalue weighted by atomic mass is 10.0. The van der Waals surface area contributed by atoms with Gasteiger partial charge < -0.3 is 14.8 Å². The van der Waals surface area contributed by atoms with E-state index in [9.17, 15) is 14.4 Å². The van der Waals surface area contributed by atoms with E-state index in [-0.39, 0.29) is 22.0 Å². The van der Waals surface area contributed by atoms with Crippen molar-refractivity contribution in [3.8, 4) is 11.3 Å². The highest BCUT2D eigenvalue weighted by molar-refractivity contribution is 9.10. The van der Waals surface area contributed by atoms with Gasteiger partial charge in [0.15, 0.2) is 0 Å². The predicted molar refractivity (Wildman–Crippen MR) is 153 cm³/mol. The SMILES string of the molecule is CCOC(=O)c1c(NC(=O)c2cc(-c3cccc(Br)c3)nc3ccccc23)sc(C(=O)OC(C)(C)C)c1C. The van der Waals surface area contributed by atoms with Crippen molar-refractivity contribution in [2.75, 3.05) is 11.9 Å². The lowest BCUT2D eigenvalue weighted by Crippen LogP contribution is -2.23. The molecule has 0 aliphatic rings. The summed E-state index contributed by atoms with van der Waals surface area (Å²) in [5, 5.41) is 3.74. The van der Waals surface area contributed by atoms with Crippen molar-refractivity contribution in [1.29, 1.82) is 0 Å². The molecular weight excluding hydrogens is 568 g/mol. The summed E-state index contributed by atoms with van der Waals surface area (Å²) < 4.78 is 11.7. The Morgan fingerprint density at radius 3 is 2.45 bits per heavy atom. The van der Waals surface area contributed by atoms with Gasteiger partial charge in [0.25, 0.3) is 5.91 Å². The molecule has 1 N–H and O–H groups in total. The molecule has 1 amide bonds. The Morgan fingerprint density at radius 2 is 1.76 bits per heavy atom. The van der Waals surface area contributed by atoms with Crippen LogP contribution in [0.2, 0.25) is 0 Å². The van der Waals surface area contributed by atoms with Crippen LogP contribution in [0.25, 0.3) is 22.2 Å². The fourth-order valence-corrected chi connectivity index (χ4v) is 5.36. The van der Waals surface area contributed by atoms with Crippen LogP contribution in [0.5, 0.6) is 0 Å². The van der Waals surface area contributed by atoms with E-state index in [1.165, 1.54) is 0 Å². The molecule has 0 saturated carbocycles. The lowest BCUT2D eigenvalue weighted by molar-refractivity contribution is 0.00744. The first-order valence-electron chi connectivity index (χ1n) is 12.0. The number of pyridine rings is 1. The average molecular weight is 596 g/mol. The average Bonchev–Trinajstić information content (AvgIpc) is 3.18. The van der Waals surface area contributed by atoms with Gasteiger partial charge in [0.1, 0.15) is 15.5 Å². The zero-order valence-corrected chi connectivity index (χ0v) is 24.1. The van der Waals surface area contributed by atoms with Crippen LogP contribution >= 0.6 is 27.3 Å². The lowest BCUT2D eigenvalue weighted by Gasteiger charge is -2.19. The number of esters is 2. The minimum atomic E-state index is -0.722. The summed E-state index contributed by atoms with van der Waals surface area (Å²) in [4.78, 5) is 44.5. The van der Waals surface area contributed by atoms with Crippen LogP contribution in [0, 0.1) is 6.92 Å². The Labute approximate surface area is 233 Å². The molecule has 0 unspecified atom stereocenters. The number of nitrogens with zero attached hydrogens (tertiary/aromatic N) is 1. The molecule has 7 nitrogen and oxygen atoms in total. The second-order valence-electron chi connectivity index (χ2n) is 9.52. The minimum absolute atomic E-state index is 0.136. The van der Waals surface area contributed by atoms with Crippen molar-refractivity contribution in [2.24, 2.45) is 0 Å². The predicted octanol–water partition coefficient (Wildman–Crippen LogP) is 7.42. The third-order valence-electron chi connectivity index (χ3n) is 5.52. The molecule has 0 spiro atoms. The molecule has 0 radical (unpaired) electrons. The maximum Gasteiger partial charge on any atom is 0.349 e. The van der Waals surface area contributed by atoms with Gasteiger partial charge >= 0.3 is 11.9 Å². The summed E-state index contributed by atoms with van der Waals surface area (Å²) >= 11 is 4.48. The number of anilines is 1. The van der Waals surface area contributed by atoms with Crippen LogP contribution in [0.15, 0.2) is 59.1 Å². The van der Waals surface area contributed by atoms with Crippen LogP contribution in [0.1, 0.15) is 63.6 Å². The highest BCUT2D eigenvalue weighted by Gasteiger charge is 2.30. The number of amides is 1. The fraction of sp³-hybridized carbons (Fsp3) is 0.241. The number of para-hydroxylation sites is 1. The molecule has 38 heavy (non-hydrogen) atoms. The molecule has 2 aromatic carbocycles. The third-order valence-corrected chi connectivity index (χ3v) is 7.20. The molecule has 4 rings (SSSR count). The highest BCUT2D eigenvalue weighted by Crippen LogP contribution is 2.36. The molecule has 9 heteroatoms. The van der Waals surface area contributed by atoms with E-state index in [0.717, 1.165) is 21.4 Å². The summed E-state index contributed by atoms with van der Waals surface area (Å²) in [6, 6.07) is 16.7. The van der Waals surface area contributed by atoms with Gasteiger partial charge in [-0.05, 0) is 64.4 Å². The summed E-state index contributed by atoms with van der Waals surface area (Å²) in [5.74, 6) is -1.64. The molecule has 196 valence electrons. The fourth-order valence-electron chi connectivity index (χ4n) is 3.90. The normalized spacial score (nSPS) is 11.3. The second kappa shape index (κ2) is 11.0. The quantitative estimate of drug-likeness (QED) is 0.233. The number of thiophene rings is 1. The Kier molecular flexibility index (Phi) is 7.99. The van der Waals surface area contributed by atoms with Gasteiger partial charge in [-0.2, -0.15) is 0 Å². The van der Waals surface area contributed by atoms with Gasteiger partial charge in [-0.15, -0.1) is 11.3 Å². The Morgan fingerprint density at radius 1 is 1.03 bits per heavy atom. The molecule has 0 aliphatic carbocycles. The second-order valence-corrected chi connectivity index (χ2v) is 11.5. The number of carbonyl (C=O) groups excluding carboxylic acids is 3. The van der Waals surface area contributed by atoms with Crippen LogP contribution in [0.4, 0.5) is 5.00 Å². The minimum Gasteiger partial charge on any atom is -0.462 e. The summed E-state index contributed by atoms with van der Waals surface area (Å²) in [5.41, 5.74) is 2.30. The van der Waals surface area contributed by atoms with Gasteiger partial charge in [0.2, 0.25) is 0 Å². The summed E-state index contributed by atoms with van der Waals surface area (Å²) in [7, 11) is 0. The topological polar surface area (TPSA) is 94.6 Å². The van der Waals surface area contributed by atoms with Crippen LogP contribution in [0.3, 0.4) is 0 Å². The van der Waals surface area contributed by atoms with Gasteiger partial charge in [-0.25, -0.2) is 14.6 Å². The van der Waals surface area contributed by atoms with E-state index in [1.54, 1.807) is 40.7 Å². The number of benzene rings is 2. The van der Waals surface area contributed by atoms with Crippen LogP contribution in [-0.4, -0.2) is 35.0 Å². The van der Waals surface area contributed by atoms with E-state index in [2.05, 4.69) is 21.2 Å². The molecule has 2 heterocycles. The van der Waals surface area contributed by atoms with Crippen molar-refractivity contribution in [2.45, 2.75) is 40.2 Å². The van der Waals surface area contributed by atoms with Crippen LogP contribution < -0.4 is 5.32 Å². The van der Waals surface area contributed by atoms with E-state index >= 15 is 0 Å². The first kappa shape index (κ1) is 27.5. The van der Waals surface area contributed by atoms with E-state index < -0.39 is 23.4 Å².